The van der Waals surface area contributed by atoms with Crippen LogP contribution >= 0.6 is 11.3 Å². The molecule has 3 aromatic rings. The number of ether oxygens (including phenoxy) is 2. The molecular formula is C16H16N2O3S. The normalized spacial score (nSPS) is 10.9. The maximum Gasteiger partial charge on any atom is 0.260 e. The lowest BCUT2D eigenvalue weighted by Gasteiger charge is -2.11. The zero-order valence-electron chi connectivity index (χ0n) is 12.8. The van der Waals surface area contributed by atoms with E-state index in [1.165, 1.54) is 11.3 Å². The lowest BCUT2D eigenvalue weighted by atomic mass is 10.1. The number of aryl methyl sites for hydroxylation is 2. The van der Waals surface area contributed by atoms with E-state index in [4.69, 9.17) is 9.47 Å². The molecule has 0 bridgehead atoms. The molecule has 0 aliphatic carbocycles. The van der Waals surface area contributed by atoms with E-state index in [1.54, 1.807) is 20.3 Å². The van der Waals surface area contributed by atoms with Gasteiger partial charge in [0.05, 0.1) is 25.2 Å². The first-order valence-corrected chi connectivity index (χ1v) is 7.59. The van der Waals surface area contributed by atoms with Gasteiger partial charge >= 0.3 is 0 Å². The number of nitrogens with one attached hydrogen (secondary N) is 1. The quantitative estimate of drug-likeness (QED) is 0.805. The summed E-state index contributed by atoms with van der Waals surface area (Å²) in [4.78, 5) is 21.7. The van der Waals surface area contributed by atoms with Gasteiger partial charge in [-0.2, -0.15) is 0 Å². The number of benzene rings is 1. The van der Waals surface area contributed by atoms with Crippen LogP contribution in [0.1, 0.15) is 10.4 Å². The molecule has 0 unspecified atom stereocenters. The number of aromatic amines is 1. The molecule has 0 atom stereocenters. The standard InChI is InChI=1S/C16H16N2O3S/c1-8-9(2)22-16-12(8)15(19)17-14(18-16)10-6-5-7-11(20-3)13(10)21-4/h5-7H,1-4H3,(H,17,18,19). The van der Waals surface area contributed by atoms with E-state index in [2.05, 4.69) is 9.97 Å². The number of aromatic nitrogens is 2. The molecule has 5 nitrogen and oxygen atoms in total. The van der Waals surface area contributed by atoms with Gasteiger partial charge in [0.15, 0.2) is 11.5 Å². The Labute approximate surface area is 131 Å². The predicted molar refractivity (Wildman–Crippen MR) is 88.3 cm³/mol. The lowest BCUT2D eigenvalue weighted by molar-refractivity contribution is 0.356. The van der Waals surface area contributed by atoms with Gasteiger partial charge in [-0.3, -0.25) is 4.79 Å². The van der Waals surface area contributed by atoms with Crippen LogP contribution in [0.3, 0.4) is 0 Å². The van der Waals surface area contributed by atoms with Gasteiger partial charge in [-0.1, -0.05) is 6.07 Å². The molecule has 1 N–H and O–H groups in total. The van der Waals surface area contributed by atoms with Crippen molar-refractivity contribution in [1.82, 2.24) is 9.97 Å². The molecule has 6 heteroatoms. The highest BCUT2D eigenvalue weighted by atomic mass is 32.1. The topological polar surface area (TPSA) is 64.2 Å². The van der Waals surface area contributed by atoms with Crippen LogP contribution in [0.25, 0.3) is 21.6 Å². The fraction of sp³-hybridized carbons (Fsp3) is 0.250. The van der Waals surface area contributed by atoms with Crippen molar-refractivity contribution in [1.29, 1.82) is 0 Å². The average Bonchev–Trinajstić information content (AvgIpc) is 2.81. The third kappa shape index (κ3) is 2.16. The van der Waals surface area contributed by atoms with Gasteiger partial charge in [0.2, 0.25) is 0 Å². The molecule has 1 aromatic carbocycles. The molecule has 22 heavy (non-hydrogen) atoms. The summed E-state index contributed by atoms with van der Waals surface area (Å²) in [7, 11) is 3.14. The molecule has 2 aromatic heterocycles. The average molecular weight is 316 g/mol. The minimum Gasteiger partial charge on any atom is -0.493 e. The monoisotopic (exact) mass is 316 g/mol. The summed E-state index contributed by atoms with van der Waals surface area (Å²) in [5.41, 5.74) is 1.55. The smallest absolute Gasteiger partial charge is 0.260 e. The number of rotatable bonds is 3. The molecule has 0 aliphatic heterocycles. The first-order chi connectivity index (χ1) is 10.6. The van der Waals surface area contributed by atoms with E-state index in [0.717, 1.165) is 15.3 Å². The summed E-state index contributed by atoms with van der Waals surface area (Å²) in [6.45, 7) is 3.93. The van der Waals surface area contributed by atoms with Crippen molar-refractivity contribution in [2.45, 2.75) is 13.8 Å². The van der Waals surface area contributed by atoms with Gasteiger partial charge in [0.25, 0.3) is 5.56 Å². The summed E-state index contributed by atoms with van der Waals surface area (Å²) >= 11 is 1.52. The molecule has 0 saturated heterocycles. The van der Waals surface area contributed by atoms with Crippen LogP contribution in [-0.2, 0) is 0 Å². The van der Waals surface area contributed by atoms with Crippen molar-refractivity contribution in [3.8, 4) is 22.9 Å². The first kappa shape index (κ1) is 14.6. The second kappa shape index (κ2) is 5.46. The summed E-state index contributed by atoms with van der Waals surface area (Å²) in [6, 6.07) is 5.49. The van der Waals surface area contributed by atoms with Gasteiger partial charge in [0.1, 0.15) is 10.7 Å². The Hall–Kier alpha value is -2.34. The van der Waals surface area contributed by atoms with Crippen LogP contribution in [0.15, 0.2) is 23.0 Å². The van der Waals surface area contributed by atoms with Crippen molar-refractivity contribution in [2.75, 3.05) is 14.2 Å². The predicted octanol–water partition coefficient (Wildman–Crippen LogP) is 3.29. The summed E-state index contributed by atoms with van der Waals surface area (Å²) < 4.78 is 10.7. The third-order valence-electron chi connectivity index (χ3n) is 3.70. The Morgan fingerprint density at radius 1 is 1.18 bits per heavy atom. The van der Waals surface area contributed by atoms with E-state index in [1.807, 2.05) is 26.0 Å². The molecule has 0 amide bonds. The highest BCUT2D eigenvalue weighted by Crippen LogP contribution is 2.37. The molecule has 114 valence electrons. The second-order valence-electron chi connectivity index (χ2n) is 4.92. The van der Waals surface area contributed by atoms with Crippen LogP contribution < -0.4 is 15.0 Å². The fourth-order valence-electron chi connectivity index (χ4n) is 2.46. The molecule has 3 rings (SSSR count). The van der Waals surface area contributed by atoms with Crippen LogP contribution in [0, 0.1) is 13.8 Å². The number of para-hydroxylation sites is 1. The Bertz CT molecular complexity index is 912. The first-order valence-electron chi connectivity index (χ1n) is 6.78. The summed E-state index contributed by atoms with van der Waals surface area (Å²) in [5.74, 6) is 1.63. The van der Waals surface area contributed by atoms with Crippen LogP contribution in [0.4, 0.5) is 0 Å². The number of fused-ring (bicyclic) bond motifs is 1. The Balaban J connectivity index is 2.30. The minimum absolute atomic E-state index is 0.133. The van der Waals surface area contributed by atoms with Gasteiger partial charge in [-0.25, -0.2) is 4.98 Å². The Morgan fingerprint density at radius 3 is 2.64 bits per heavy atom. The fourth-order valence-corrected chi connectivity index (χ4v) is 3.49. The highest BCUT2D eigenvalue weighted by molar-refractivity contribution is 7.18. The zero-order valence-corrected chi connectivity index (χ0v) is 13.6. The van der Waals surface area contributed by atoms with E-state index < -0.39 is 0 Å². The third-order valence-corrected chi connectivity index (χ3v) is 4.80. The molecule has 0 spiro atoms. The number of hydrogen-bond donors (Lipinski definition) is 1. The highest BCUT2D eigenvalue weighted by Gasteiger charge is 2.17. The number of thiophene rings is 1. The van der Waals surface area contributed by atoms with Crippen molar-refractivity contribution in [3.05, 3.63) is 39.0 Å². The second-order valence-corrected chi connectivity index (χ2v) is 6.12. The van der Waals surface area contributed by atoms with Crippen LogP contribution in [0.5, 0.6) is 11.5 Å². The number of methoxy groups -OCH3 is 2. The Kier molecular flexibility index (Phi) is 3.62. The van der Waals surface area contributed by atoms with E-state index in [-0.39, 0.29) is 5.56 Å². The van der Waals surface area contributed by atoms with Crippen LogP contribution in [0.2, 0.25) is 0 Å². The minimum atomic E-state index is -0.133. The number of nitrogens with zero attached hydrogens (tertiary/aromatic N) is 1. The maximum atomic E-state index is 12.4. The Morgan fingerprint density at radius 2 is 1.95 bits per heavy atom. The number of hydrogen-bond acceptors (Lipinski definition) is 5. The van der Waals surface area contributed by atoms with Gasteiger partial charge in [-0.05, 0) is 31.5 Å². The SMILES string of the molecule is COc1cccc(-c2nc3sc(C)c(C)c3c(=O)[nH]2)c1OC. The van der Waals surface area contributed by atoms with Crippen molar-refractivity contribution in [2.24, 2.45) is 0 Å². The molecule has 0 fully saturated rings. The zero-order chi connectivity index (χ0) is 15.9. The van der Waals surface area contributed by atoms with Gasteiger partial charge < -0.3 is 14.5 Å². The maximum absolute atomic E-state index is 12.4. The van der Waals surface area contributed by atoms with Crippen molar-refractivity contribution in [3.63, 3.8) is 0 Å². The number of H-pyrrole nitrogens is 1. The summed E-state index contributed by atoms with van der Waals surface area (Å²) in [6.07, 6.45) is 0. The van der Waals surface area contributed by atoms with E-state index >= 15 is 0 Å². The van der Waals surface area contributed by atoms with Gasteiger partial charge in [-0.15, -0.1) is 11.3 Å². The summed E-state index contributed by atoms with van der Waals surface area (Å²) in [5, 5.41) is 0.660. The van der Waals surface area contributed by atoms with Gasteiger partial charge in [0, 0.05) is 4.88 Å². The van der Waals surface area contributed by atoms with E-state index in [9.17, 15) is 4.79 Å². The van der Waals surface area contributed by atoms with Crippen molar-refractivity contribution < 1.29 is 9.47 Å². The van der Waals surface area contributed by atoms with E-state index in [0.29, 0.717) is 28.3 Å². The largest absolute Gasteiger partial charge is 0.493 e. The lowest BCUT2D eigenvalue weighted by Crippen LogP contribution is -2.09. The molecule has 0 radical (unpaired) electrons. The molecule has 0 aliphatic rings. The molecular weight excluding hydrogens is 300 g/mol. The van der Waals surface area contributed by atoms with Crippen molar-refractivity contribution >= 4 is 21.6 Å². The van der Waals surface area contributed by atoms with Crippen LogP contribution in [-0.4, -0.2) is 24.2 Å². The molecule has 0 saturated carbocycles. The molecule has 2 heterocycles.